The summed E-state index contributed by atoms with van der Waals surface area (Å²) in [5.74, 6) is 0.0526. The molecule has 12 heteroatoms. The van der Waals surface area contributed by atoms with E-state index in [0.717, 1.165) is 4.70 Å². The molecule has 4 aromatic rings. The molecule has 0 unspecified atom stereocenters. The zero-order valence-corrected chi connectivity index (χ0v) is 22.3. The van der Waals surface area contributed by atoms with Crippen LogP contribution in [0.4, 0.5) is 5.69 Å². The van der Waals surface area contributed by atoms with E-state index in [9.17, 15) is 13.2 Å². The van der Waals surface area contributed by atoms with Crippen molar-refractivity contribution < 1.29 is 22.7 Å². The standard InChI is InChI=1S/C24H21Cl2N3O5S2/c1-33-14-13-29-21-19(25)11-12-20(26)22(21)35-24(29)27-23(30)15-3-5-16(6-4-15)28-36(31,32)18-9-7-17(34-2)8-10-18/h3-12,28H,13-14H2,1-2H3. The number of carbonyl (C=O) groups excluding carboxylic acids is 1. The number of benzene rings is 3. The molecule has 1 aromatic heterocycles. The van der Waals surface area contributed by atoms with Crippen LogP contribution in [0.25, 0.3) is 10.2 Å². The molecule has 0 saturated carbocycles. The summed E-state index contributed by atoms with van der Waals surface area (Å²) >= 11 is 14.0. The first-order valence-electron chi connectivity index (χ1n) is 10.6. The molecule has 4 rings (SSSR count). The molecule has 1 heterocycles. The van der Waals surface area contributed by atoms with E-state index in [2.05, 4.69) is 9.71 Å². The Morgan fingerprint density at radius 3 is 2.31 bits per heavy atom. The van der Waals surface area contributed by atoms with Crippen molar-refractivity contribution in [2.45, 2.75) is 11.4 Å². The first kappa shape index (κ1) is 26.2. The molecule has 0 aliphatic rings. The molecule has 1 N–H and O–H groups in total. The SMILES string of the molecule is COCCn1c(=NC(=O)c2ccc(NS(=O)(=O)c3ccc(OC)cc3)cc2)sc2c(Cl)ccc(Cl)c21. The lowest BCUT2D eigenvalue weighted by molar-refractivity contribution is 0.0997. The zero-order chi connectivity index (χ0) is 25.9. The largest absolute Gasteiger partial charge is 0.497 e. The van der Waals surface area contributed by atoms with Gasteiger partial charge in [0.05, 0.1) is 38.9 Å². The van der Waals surface area contributed by atoms with E-state index >= 15 is 0 Å². The number of sulfonamides is 1. The fourth-order valence-electron chi connectivity index (χ4n) is 3.39. The second kappa shape index (κ2) is 11.0. The van der Waals surface area contributed by atoms with E-state index in [1.165, 1.54) is 54.8 Å². The Morgan fingerprint density at radius 1 is 1.00 bits per heavy atom. The van der Waals surface area contributed by atoms with E-state index < -0.39 is 15.9 Å². The number of hydrogen-bond acceptors (Lipinski definition) is 6. The summed E-state index contributed by atoms with van der Waals surface area (Å²) in [6.45, 7) is 0.813. The summed E-state index contributed by atoms with van der Waals surface area (Å²) in [5.41, 5.74) is 1.27. The number of hydrogen-bond donors (Lipinski definition) is 1. The number of fused-ring (bicyclic) bond motifs is 1. The smallest absolute Gasteiger partial charge is 0.279 e. The van der Waals surface area contributed by atoms with Crippen LogP contribution in [0.5, 0.6) is 5.75 Å². The third-order valence-corrected chi connectivity index (χ3v) is 8.44. The first-order chi connectivity index (χ1) is 17.2. The van der Waals surface area contributed by atoms with Gasteiger partial charge < -0.3 is 14.0 Å². The summed E-state index contributed by atoms with van der Waals surface area (Å²) in [6.07, 6.45) is 0. The average Bonchev–Trinajstić information content (AvgIpc) is 3.24. The van der Waals surface area contributed by atoms with Gasteiger partial charge in [0.1, 0.15) is 5.75 Å². The maximum atomic E-state index is 12.9. The Labute approximate surface area is 221 Å². The monoisotopic (exact) mass is 565 g/mol. The summed E-state index contributed by atoms with van der Waals surface area (Å²) < 4.78 is 40.6. The van der Waals surface area contributed by atoms with Crippen LogP contribution >= 0.6 is 34.5 Å². The predicted octanol–water partition coefficient (Wildman–Crippen LogP) is 5.21. The van der Waals surface area contributed by atoms with Crippen LogP contribution in [-0.2, 0) is 21.3 Å². The number of ether oxygens (including phenoxy) is 2. The molecule has 0 saturated heterocycles. The molecule has 36 heavy (non-hydrogen) atoms. The van der Waals surface area contributed by atoms with Gasteiger partial charge in [0.2, 0.25) is 0 Å². The normalized spacial score (nSPS) is 12.2. The van der Waals surface area contributed by atoms with Crippen molar-refractivity contribution in [2.75, 3.05) is 25.5 Å². The zero-order valence-electron chi connectivity index (χ0n) is 19.2. The van der Waals surface area contributed by atoms with Crippen molar-refractivity contribution in [1.29, 1.82) is 0 Å². The van der Waals surface area contributed by atoms with Gasteiger partial charge in [0, 0.05) is 24.9 Å². The molecular weight excluding hydrogens is 545 g/mol. The number of methoxy groups -OCH3 is 2. The third kappa shape index (κ3) is 5.58. The second-order valence-electron chi connectivity index (χ2n) is 7.51. The van der Waals surface area contributed by atoms with E-state index in [0.29, 0.717) is 45.0 Å². The Hall–Kier alpha value is -2.89. The van der Waals surface area contributed by atoms with Crippen molar-refractivity contribution in [2.24, 2.45) is 4.99 Å². The number of nitrogens with one attached hydrogen (secondary N) is 1. The van der Waals surface area contributed by atoms with Crippen LogP contribution in [0.15, 0.2) is 70.6 Å². The lowest BCUT2D eigenvalue weighted by Gasteiger charge is -2.09. The molecule has 0 aliphatic carbocycles. The highest BCUT2D eigenvalue weighted by Crippen LogP contribution is 2.32. The summed E-state index contributed by atoms with van der Waals surface area (Å²) in [4.78, 5) is 17.7. The Morgan fingerprint density at radius 2 is 1.67 bits per heavy atom. The maximum absolute atomic E-state index is 12.9. The van der Waals surface area contributed by atoms with Crippen LogP contribution in [0, 0.1) is 0 Å². The Bertz CT molecular complexity index is 1580. The maximum Gasteiger partial charge on any atom is 0.279 e. The van der Waals surface area contributed by atoms with Gasteiger partial charge in [-0.2, -0.15) is 4.99 Å². The average molecular weight is 566 g/mol. The minimum Gasteiger partial charge on any atom is -0.497 e. The van der Waals surface area contributed by atoms with Crippen molar-refractivity contribution in [3.63, 3.8) is 0 Å². The fraction of sp³-hybridized carbons (Fsp3) is 0.167. The van der Waals surface area contributed by atoms with Crippen LogP contribution in [-0.4, -0.2) is 39.7 Å². The number of aromatic nitrogens is 1. The summed E-state index contributed by atoms with van der Waals surface area (Å²) in [7, 11) is -0.729. The van der Waals surface area contributed by atoms with Crippen molar-refractivity contribution in [1.82, 2.24) is 4.57 Å². The number of anilines is 1. The van der Waals surface area contributed by atoms with Crippen LogP contribution < -0.4 is 14.3 Å². The van der Waals surface area contributed by atoms with Crippen molar-refractivity contribution in [3.8, 4) is 5.75 Å². The van der Waals surface area contributed by atoms with Crippen LogP contribution in [0.3, 0.4) is 0 Å². The number of rotatable bonds is 8. The Kier molecular flexibility index (Phi) is 8.01. The highest BCUT2D eigenvalue weighted by molar-refractivity contribution is 7.92. The number of halogens is 2. The third-order valence-electron chi connectivity index (χ3n) is 5.20. The number of carbonyl (C=O) groups is 1. The van der Waals surface area contributed by atoms with Crippen LogP contribution in [0.1, 0.15) is 10.4 Å². The van der Waals surface area contributed by atoms with E-state index in [4.69, 9.17) is 32.7 Å². The van der Waals surface area contributed by atoms with Gasteiger partial charge in [-0.05, 0) is 60.7 Å². The quantitative estimate of drug-likeness (QED) is 0.316. The van der Waals surface area contributed by atoms with Gasteiger partial charge in [0.15, 0.2) is 4.80 Å². The lowest BCUT2D eigenvalue weighted by Crippen LogP contribution is -2.19. The number of thiazole rings is 1. The molecule has 0 spiro atoms. The number of nitrogens with zero attached hydrogens (tertiary/aromatic N) is 2. The summed E-state index contributed by atoms with van der Waals surface area (Å²) in [6, 6.07) is 15.4. The highest BCUT2D eigenvalue weighted by atomic mass is 35.5. The van der Waals surface area contributed by atoms with E-state index in [1.54, 1.807) is 35.9 Å². The van der Waals surface area contributed by atoms with Gasteiger partial charge in [-0.1, -0.05) is 34.5 Å². The van der Waals surface area contributed by atoms with Crippen molar-refractivity contribution in [3.05, 3.63) is 81.1 Å². The van der Waals surface area contributed by atoms with Gasteiger partial charge in [-0.25, -0.2) is 8.42 Å². The molecule has 0 radical (unpaired) electrons. The molecular formula is C24H21Cl2N3O5S2. The fourth-order valence-corrected chi connectivity index (χ4v) is 6.12. The van der Waals surface area contributed by atoms with Gasteiger partial charge in [-0.15, -0.1) is 0 Å². The Balaban J connectivity index is 1.61. The van der Waals surface area contributed by atoms with Gasteiger partial charge in [0.25, 0.3) is 15.9 Å². The summed E-state index contributed by atoms with van der Waals surface area (Å²) in [5, 5.41) is 0.997. The minimum atomic E-state index is -3.81. The molecule has 0 aliphatic heterocycles. The first-order valence-corrected chi connectivity index (χ1v) is 13.6. The molecule has 3 aromatic carbocycles. The second-order valence-corrected chi connectivity index (χ2v) is 11.0. The van der Waals surface area contributed by atoms with Gasteiger partial charge >= 0.3 is 0 Å². The molecule has 188 valence electrons. The van der Waals surface area contributed by atoms with Gasteiger partial charge in [-0.3, -0.25) is 9.52 Å². The predicted molar refractivity (Wildman–Crippen MR) is 142 cm³/mol. The molecule has 8 nitrogen and oxygen atoms in total. The lowest BCUT2D eigenvalue weighted by atomic mass is 10.2. The van der Waals surface area contributed by atoms with E-state index in [-0.39, 0.29) is 10.5 Å². The minimum absolute atomic E-state index is 0.0844. The molecule has 1 amide bonds. The topological polar surface area (TPSA) is 99.0 Å². The van der Waals surface area contributed by atoms with Crippen LogP contribution in [0.2, 0.25) is 10.0 Å². The van der Waals surface area contributed by atoms with Crippen molar-refractivity contribution >= 4 is 66.4 Å². The highest BCUT2D eigenvalue weighted by Gasteiger charge is 2.16. The molecule has 0 bridgehead atoms. The van der Waals surface area contributed by atoms with E-state index in [1.807, 2.05) is 0 Å². The number of amides is 1. The molecule has 0 fully saturated rings. The molecule has 0 atom stereocenters.